The highest BCUT2D eigenvalue weighted by molar-refractivity contribution is 14.1. The summed E-state index contributed by atoms with van der Waals surface area (Å²) >= 11 is 2.09. The summed E-state index contributed by atoms with van der Waals surface area (Å²) in [7, 11) is 3.48. The predicted molar refractivity (Wildman–Crippen MR) is 82.1 cm³/mol. The van der Waals surface area contributed by atoms with E-state index in [9.17, 15) is 14.7 Å². The molecule has 1 aromatic carbocycles. The van der Waals surface area contributed by atoms with Crippen LogP contribution in [0.1, 0.15) is 23.7 Å². The molecular weight excluding hydrogens is 357 g/mol. The van der Waals surface area contributed by atoms with Gasteiger partial charge in [0.15, 0.2) is 0 Å². The molecule has 102 valence electrons. The maximum atomic E-state index is 12.4. The molecule has 0 atom stereocenters. The summed E-state index contributed by atoms with van der Waals surface area (Å²) in [6.07, 6.45) is 0.490. The van der Waals surface area contributed by atoms with E-state index >= 15 is 0 Å². The lowest BCUT2D eigenvalue weighted by Crippen LogP contribution is -2.22. The topological polar surface area (TPSA) is 57.6 Å². The number of benzene rings is 1. The smallest absolute Gasteiger partial charge is 0.341 e. The summed E-state index contributed by atoms with van der Waals surface area (Å²) in [5, 5.41) is 9.32. The van der Waals surface area contributed by atoms with Crippen LogP contribution in [0.4, 0.5) is 0 Å². The minimum absolute atomic E-state index is 0.158. The van der Waals surface area contributed by atoms with Gasteiger partial charge in [-0.05, 0) is 41.1 Å². The monoisotopic (exact) mass is 373 g/mol. The SMILES string of the molecule is CC/C(=C(/C(=O)O)C(=O)c1cccc(I)c1)N(C)C. The van der Waals surface area contributed by atoms with E-state index in [1.807, 2.05) is 13.0 Å². The average molecular weight is 373 g/mol. The van der Waals surface area contributed by atoms with Gasteiger partial charge in [-0.15, -0.1) is 0 Å². The van der Waals surface area contributed by atoms with Crippen molar-refractivity contribution in [3.05, 3.63) is 44.7 Å². The van der Waals surface area contributed by atoms with Crippen molar-refractivity contribution in [3.8, 4) is 0 Å². The molecule has 0 spiro atoms. The molecule has 0 saturated carbocycles. The zero-order valence-electron chi connectivity index (χ0n) is 11.1. The molecule has 0 radical (unpaired) electrons. The van der Waals surface area contributed by atoms with E-state index in [0.29, 0.717) is 17.7 Å². The van der Waals surface area contributed by atoms with E-state index in [1.54, 1.807) is 37.2 Å². The molecule has 0 bridgehead atoms. The van der Waals surface area contributed by atoms with Crippen LogP contribution < -0.4 is 0 Å². The van der Waals surface area contributed by atoms with Crippen molar-refractivity contribution >= 4 is 34.3 Å². The maximum absolute atomic E-state index is 12.4. The van der Waals surface area contributed by atoms with Crippen LogP contribution in [0.15, 0.2) is 35.5 Å². The fourth-order valence-corrected chi connectivity index (χ4v) is 2.39. The molecule has 0 aliphatic rings. The number of hydrogen-bond acceptors (Lipinski definition) is 3. The number of carboxylic acid groups (broad SMARTS) is 1. The van der Waals surface area contributed by atoms with Gasteiger partial charge in [-0.25, -0.2) is 4.79 Å². The lowest BCUT2D eigenvalue weighted by atomic mass is 10.00. The number of Topliss-reactive ketones (excluding diaryl/α,β-unsaturated/α-hetero) is 1. The lowest BCUT2D eigenvalue weighted by Gasteiger charge is -2.18. The Hall–Kier alpha value is -1.37. The van der Waals surface area contributed by atoms with Gasteiger partial charge in [0.05, 0.1) is 0 Å². The molecule has 1 N–H and O–H groups in total. The van der Waals surface area contributed by atoms with Gasteiger partial charge in [-0.2, -0.15) is 0 Å². The van der Waals surface area contributed by atoms with Crippen molar-refractivity contribution in [1.29, 1.82) is 0 Å². The van der Waals surface area contributed by atoms with Crippen molar-refractivity contribution in [1.82, 2.24) is 4.90 Å². The number of halogens is 1. The highest BCUT2D eigenvalue weighted by atomic mass is 127. The number of carbonyl (C=O) groups excluding carboxylic acids is 1. The van der Waals surface area contributed by atoms with Crippen LogP contribution in [0, 0.1) is 3.57 Å². The molecule has 5 heteroatoms. The van der Waals surface area contributed by atoms with E-state index in [-0.39, 0.29) is 5.57 Å². The zero-order chi connectivity index (χ0) is 14.6. The van der Waals surface area contributed by atoms with Gasteiger partial charge in [0.1, 0.15) is 5.57 Å². The third kappa shape index (κ3) is 3.79. The highest BCUT2D eigenvalue weighted by Crippen LogP contribution is 2.18. The largest absolute Gasteiger partial charge is 0.477 e. The lowest BCUT2D eigenvalue weighted by molar-refractivity contribution is -0.132. The number of rotatable bonds is 5. The molecule has 0 amide bonds. The Balaban J connectivity index is 3.36. The van der Waals surface area contributed by atoms with Crippen molar-refractivity contribution in [2.24, 2.45) is 0 Å². The van der Waals surface area contributed by atoms with Gasteiger partial charge in [-0.1, -0.05) is 19.1 Å². The van der Waals surface area contributed by atoms with Crippen LogP contribution in [0.5, 0.6) is 0 Å². The Bertz CT molecular complexity index is 535. The van der Waals surface area contributed by atoms with Crippen LogP contribution in [-0.4, -0.2) is 35.9 Å². The van der Waals surface area contributed by atoms with Crippen LogP contribution in [0.3, 0.4) is 0 Å². The molecule has 0 aliphatic carbocycles. The Kier molecular flexibility index (Phi) is 5.53. The van der Waals surface area contributed by atoms with E-state index in [0.717, 1.165) is 3.57 Å². The molecule has 0 fully saturated rings. The Morgan fingerprint density at radius 2 is 1.95 bits per heavy atom. The van der Waals surface area contributed by atoms with Gasteiger partial charge < -0.3 is 10.0 Å². The van der Waals surface area contributed by atoms with E-state index in [4.69, 9.17) is 0 Å². The van der Waals surface area contributed by atoms with E-state index < -0.39 is 11.8 Å². The quantitative estimate of drug-likeness (QED) is 0.284. The first-order valence-electron chi connectivity index (χ1n) is 5.82. The van der Waals surface area contributed by atoms with Gasteiger partial charge >= 0.3 is 5.97 Å². The maximum Gasteiger partial charge on any atom is 0.341 e. The second-order valence-corrected chi connectivity index (χ2v) is 5.46. The van der Waals surface area contributed by atoms with Gasteiger partial charge in [-0.3, -0.25) is 4.79 Å². The number of carboxylic acids is 1. The Morgan fingerprint density at radius 3 is 2.37 bits per heavy atom. The summed E-state index contributed by atoms with van der Waals surface area (Å²) in [5.74, 6) is -1.63. The third-order valence-electron chi connectivity index (χ3n) is 2.69. The first kappa shape index (κ1) is 15.7. The minimum atomic E-state index is -1.19. The third-order valence-corrected chi connectivity index (χ3v) is 3.36. The molecule has 0 saturated heterocycles. The summed E-state index contributed by atoms with van der Waals surface area (Å²) < 4.78 is 0.899. The number of hydrogen-bond donors (Lipinski definition) is 1. The normalized spacial score (nSPS) is 11.8. The summed E-state index contributed by atoms with van der Waals surface area (Å²) in [6.45, 7) is 1.83. The molecule has 1 aromatic rings. The van der Waals surface area contributed by atoms with Crippen molar-refractivity contribution in [3.63, 3.8) is 0 Å². The molecule has 0 aromatic heterocycles. The highest BCUT2D eigenvalue weighted by Gasteiger charge is 2.24. The van der Waals surface area contributed by atoms with Gasteiger partial charge in [0, 0.05) is 28.9 Å². The standard InChI is InChI=1S/C14H16INO3/c1-4-11(16(2)3)12(14(18)19)13(17)9-6-5-7-10(15)8-9/h5-8H,4H2,1-3H3,(H,18,19)/b12-11-. The molecular formula is C14H16INO3. The van der Waals surface area contributed by atoms with Crippen molar-refractivity contribution in [2.75, 3.05) is 14.1 Å². The number of carbonyl (C=O) groups is 2. The molecule has 1 rings (SSSR count). The number of aliphatic carboxylic acids is 1. The van der Waals surface area contributed by atoms with Crippen molar-refractivity contribution < 1.29 is 14.7 Å². The predicted octanol–water partition coefficient (Wildman–Crippen LogP) is 2.78. The first-order valence-corrected chi connectivity index (χ1v) is 6.90. The average Bonchev–Trinajstić information content (AvgIpc) is 2.34. The molecule has 4 nitrogen and oxygen atoms in total. The van der Waals surface area contributed by atoms with E-state index in [1.165, 1.54) is 0 Å². The van der Waals surface area contributed by atoms with Crippen LogP contribution in [0.2, 0.25) is 0 Å². The van der Waals surface area contributed by atoms with Crippen molar-refractivity contribution in [2.45, 2.75) is 13.3 Å². The molecule has 0 unspecified atom stereocenters. The fraction of sp³-hybridized carbons (Fsp3) is 0.286. The fourth-order valence-electron chi connectivity index (χ4n) is 1.84. The molecule has 0 aliphatic heterocycles. The minimum Gasteiger partial charge on any atom is -0.477 e. The zero-order valence-corrected chi connectivity index (χ0v) is 13.3. The number of nitrogens with zero attached hydrogens (tertiary/aromatic N) is 1. The van der Waals surface area contributed by atoms with Gasteiger partial charge in [0.2, 0.25) is 5.78 Å². The molecule has 19 heavy (non-hydrogen) atoms. The first-order chi connectivity index (χ1) is 8.88. The van der Waals surface area contributed by atoms with Crippen LogP contribution in [0.25, 0.3) is 0 Å². The summed E-state index contributed by atoms with van der Waals surface area (Å²) in [5.41, 5.74) is 0.767. The van der Waals surface area contributed by atoms with Gasteiger partial charge in [0.25, 0.3) is 0 Å². The second kappa shape index (κ2) is 6.70. The number of ketones is 1. The molecule has 0 heterocycles. The van der Waals surface area contributed by atoms with E-state index in [2.05, 4.69) is 22.6 Å². The Morgan fingerprint density at radius 1 is 1.32 bits per heavy atom. The number of allylic oxidation sites excluding steroid dienone is 1. The second-order valence-electron chi connectivity index (χ2n) is 4.21. The summed E-state index contributed by atoms with van der Waals surface area (Å²) in [6, 6.07) is 6.93. The van der Waals surface area contributed by atoms with Crippen LogP contribution in [-0.2, 0) is 4.79 Å². The summed E-state index contributed by atoms with van der Waals surface area (Å²) in [4.78, 5) is 25.4. The Labute approximate surface area is 126 Å². The van der Waals surface area contributed by atoms with Crippen LogP contribution >= 0.6 is 22.6 Å².